The Morgan fingerprint density at radius 1 is 1.37 bits per heavy atom. The molecule has 19 heavy (non-hydrogen) atoms. The molecule has 1 N–H and O–H groups in total. The summed E-state index contributed by atoms with van der Waals surface area (Å²) in [5.74, 6) is 5.55. The Kier molecular flexibility index (Phi) is 6.11. The predicted molar refractivity (Wildman–Crippen MR) is 77.0 cm³/mol. The molecule has 0 aromatic heterocycles. The van der Waals surface area contributed by atoms with Gasteiger partial charge in [0, 0.05) is 24.2 Å². The van der Waals surface area contributed by atoms with Crippen molar-refractivity contribution in [1.82, 2.24) is 4.90 Å². The zero-order valence-electron chi connectivity index (χ0n) is 11.9. The minimum absolute atomic E-state index is 0.0640. The molecule has 1 aromatic rings. The third kappa shape index (κ3) is 4.11. The second kappa shape index (κ2) is 7.60. The molecule has 0 atom stereocenters. The molecule has 102 valence electrons. The number of rotatable bonds is 4. The number of hydrogen-bond donors (Lipinski definition) is 1. The molecule has 0 radical (unpaired) electrons. The van der Waals surface area contributed by atoms with Gasteiger partial charge in [-0.2, -0.15) is 0 Å². The number of carbonyl (C=O) groups is 1. The van der Waals surface area contributed by atoms with Gasteiger partial charge >= 0.3 is 0 Å². The molecule has 0 fully saturated rings. The van der Waals surface area contributed by atoms with Gasteiger partial charge in [0.05, 0.1) is 0 Å². The summed E-state index contributed by atoms with van der Waals surface area (Å²) < 4.78 is 0. The second-order valence-corrected chi connectivity index (χ2v) is 4.37. The minimum Gasteiger partial charge on any atom is -0.384 e. The Balaban J connectivity index is 2.96. The fourth-order valence-corrected chi connectivity index (χ4v) is 1.93. The summed E-state index contributed by atoms with van der Waals surface area (Å²) in [6, 6.07) is 5.50. The Morgan fingerprint density at radius 2 is 2.11 bits per heavy atom. The average Bonchev–Trinajstić information content (AvgIpc) is 2.42. The summed E-state index contributed by atoms with van der Waals surface area (Å²) >= 11 is 0. The number of nitrogens with zero attached hydrogens (tertiary/aromatic N) is 1. The molecular weight excluding hydrogens is 238 g/mol. The predicted octanol–water partition coefficient (Wildman–Crippen LogP) is 2.21. The Morgan fingerprint density at radius 3 is 2.63 bits per heavy atom. The van der Waals surface area contributed by atoms with Crippen LogP contribution in [-0.4, -0.2) is 35.6 Å². The highest BCUT2D eigenvalue weighted by Gasteiger charge is 2.13. The third-order valence-corrected chi connectivity index (χ3v) is 2.94. The van der Waals surface area contributed by atoms with E-state index in [0.717, 1.165) is 30.6 Å². The molecule has 0 saturated carbocycles. The first-order valence-corrected chi connectivity index (χ1v) is 6.63. The molecular formula is C16H21NO2. The zero-order chi connectivity index (χ0) is 14.3. The molecule has 0 aliphatic carbocycles. The molecule has 1 aromatic carbocycles. The highest BCUT2D eigenvalue weighted by molar-refractivity contribution is 5.94. The Hall–Kier alpha value is -1.79. The van der Waals surface area contributed by atoms with Crippen molar-refractivity contribution in [3.8, 4) is 11.8 Å². The molecule has 0 heterocycles. The van der Waals surface area contributed by atoms with E-state index in [4.69, 9.17) is 5.11 Å². The lowest BCUT2D eigenvalue weighted by Gasteiger charge is -2.20. The van der Waals surface area contributed by atoms with Crippen LogP contribution in [0.15, 0.2) is 18.2 Å². The van der Waals surface area contributed by atoms with Crippen molar-refractivity contribution < 1.29 is 9.90 Å². The van der Waals surface area contributed by atoms with Gasteiger partial charge < -0.3 is 10.0 Å². The van der Waals surface area contributed by atoms with E-state index in [0.29, 0.717) is 5.56 Å². The van der Waals surface area contributed by atoms with E-state index in [1.807, 2.05) is 30.9 Å². The van der Waals surface area contributed by atoms with Crippen LogP contribution in [0.3, 0.4) is 0 Å². The maximum atomic E-state index is 12.3. The van der Waals surface area contributed by atoms with Crippen LogP contribution < -0.4 is 0 Å². The van der Waals surface area contributed by atoms with Gasteiger partial charge in [-0.15, -0.1) is 0 Å². The molecule has 0 saturated heterocycles. The van der Waals surface area contributed by atoms with Crippen molar-refractivity contribution in [3.05, 3.63) is 34.9 Å². The molecule has 0 unspecified atom stereocenters. The number of benzene rings is 1. The van der Waals surface area contributed by atoms with Crippen molar-refractivity contribution in [2.45, 2.75) is 27.2 Å². The zero-order valence-corrected chi connectivity index (χ0v) is 11.9. The maximum Gasteiger partial charge on any atom is 0.253 e. The number of aryl methyl sites for hydroxylation is 1. The van der Waals surface area contributed by atoms with Crippen molar-refractivity contribution in [2.75, 3.05) is 19.7 Å². The van der Waals surface area contributed by atoms with Crippen LogP contribution in [-0.2, 0) is 0 Å². The monoisotopic (exact) mass is 259 g/mol. The molecule has 0 aliphatic heterocycles. The van der Waals surface area contributed by atoms with E-state index in [-0.39, 0.29) is 12.5 Å². The number of amides is 1. The number of aliphatic hydroxyl groups excluding tert-OH is 1. The third-order valence-electron chi connectivity index (χ3n) is 2.94. The summed E-state index contributed by atoms with van der Waals surface area (Å²) in [5, 5.41) is 8.69. The standard InChI is InChI=1S/C16H21NO2/c1-4-10-17(5-2)16(19)15-9-8-14(7-6-11-18)13(3)12-15/h8-9,12,18H,4-5,10-11H2,1-3H3. The molecule has 3 heteroatoms. The molecule has 1 rings (SSSR count). The van der Waals surface area contributed by atoms with Crippen molar-refractivity contribution >= 4 is 5.91 Å². The van der Waals surface area contributed by atoms with Gasteiger partial charge in [-0.25, -0.2) is 0 Å². The summed E-state index contributed by atoms with van der Waals surface area (Å²) in [7, 11) is 0. The van der Waals surface area contributed by atoms with E-state index in [1.54, 1.807) is 6.07 Å². The van der Waals surface area contributed by atoms with Gasteiger partial charge in [0.25, 0.3) is 5.91 Å². The smallest absolute Gasteiger partial charge is 0.253 e. The lowest BCUT2D eigenvalue weighted by Crippen LogP contribution is -2.31. The summed E-state index contributed by atoms with van der Waals surface area (Å²) in [6.07, 6.45) is 0.957. The van der Waals surface area contributed by atoms with Crippen molar-refractivity contribution in [1.29, 1.82) is 0 Å². The van der Waals surface area contributed by atoms with Crippen LogP contribution in [0.5, 0.6) is 0 Å². The lowest BCUT2D eigenvalue weighted by molar-refractivity contribution is 0.0764. The number of aliphatic hydroxyl groups is 1. The average molecular weight is 259 g/mol. The summed E-state index contributed by atoms with van der Waals surface area (Å²) in [4.78, 5) is 14.1. The first-order chi connectivity index (χ1) is 9.13. The summed E-state index contributed by atoms with van der Waals surface area (Å²) in [6.45, 7) is 7.32. The van der Waals surface area contributed by atoms with Gasteiger partial charge in [0.1, 0.15) is 6.61 Å². The Labute approximate surface area is 115 Å². The maximum absolute atomic E-state index is 12.3. The molecule has 0 aliphatic rings. The Bertz CT molecular complexity index is 497. The fraction of sp³-hybridized carbons (Fsp3) is 0.438. The van der Waals surface area contributed by atoms with Crippen molar-refractivity contribution in [3.63, 3.8) is 0 Å². The van der Waals surface area contributed by atoms with Crippen molar-refractivity contribution in [2.24, 2.45) is 0 Å². The van der Waals surface area contributed by atoms with Gasteiger partial charge in [-0.3, -0.25) is 4.79 Å². The van der Waals surface area contributed by atoms with Crippen LogP contribution in [0.2, 0.25) is 0 Å². The lowest BCUT2D eigenvalue weighted by atomic mass is 10.0. The van der Waals surface area contributed by atoms with Crippen LogP contribution >= 0.6 is 0 Å². The second-order valence-electron chi connectivity index (χ2n) is 4.37. The quantitative estimate of drug-likeness (QED) is 0.842. The highest BCUT2D eigenvalue weighted by Crippen LogP contribution is 2.12. The number of hydrogen-bond acceptors (Lipinski definition) is 2. The number of carbonyl (C=O) groups excluding carboxylic acids is 1. The molecule has 1 amide bonds. The first kappa shape index (κ1) is 15.3. The van der Waals surface area contributed by atoms with E-state index in [2.05, 4.69) is 18.8 Å². The van der Waals surface area contributed by atoms with E-state index >= 15 is 0 Å². The van der Waals surface area contributed by atoms with Crippen LogP contribution in [0, 0.1) is 18.8 Å². The minimum atomic E-state index is -0.153. The van der Waals surface area contributed by atoms with Crippen LogP contribution in [0.25, 0.3) is 0 Å². The topological polar surface area (TPSA) is 40.5 Å². The largest absolute Gasteiger partial charge is 0.384 e. The van der Waals surface area contributed by atoms with Crippen LogP contribution in [0.1, 0.15) is 41.8 Å². The van der Waals surface area contributed by atoms with Gasteiger partial charge in [0.2, 0.25) is 0 Å². The van der Waals surface area contributed by atoms with E-state index in [1.165, 1.54) is 0 Å². The fourth-order valence-electron chi connectivity index (χ4n) is 1.93. The van der Waals surface area contributed by atoms with Crippen LogP contribution in [0.4, 0.5) is 0 Å². The van der Waals surface area contributed by atoms with Gasteiger partial charge in [-0.1, -0.05) is 18.8 Å². The molecule has 3 nitrogen and oxygen atoms in total. The normalized spacial score (nSPS) is 9.68. The summed E-state index contributed by atoms with van der Waals surface area (Å²) in [5.41, 5.74) is 2.51. The van der Waals surface area contributed by atoms with Gasteiger partial charge in [-0.05, 0) is 44.0 Å². The molecule has 0 bridgehead atoms. The van der Waals surface area contributed by atoms with Gasteiger partial charge in [0.15, 0.2) is 0 Å². The SMILES string of the molecule is CCCN(CC)C(=O)c1ccc(C#CCO)c(C)c1. The molecule has 0 spiro atoms. The highest BCUT2D eigenvalue weighted by atomic mass is 16.2. The first-order valence-electron chi connectivity index (χ1n) is 6.63. The van der Waals surface area contributed by atoms with E-state index in [9.17, 15) is 4.79 Å². The van der Waals surface area contributed by atoms with E-state index < -0.39 is 0 Å².